The zero-order valence-corrected chi connectivity index (χ0v) is 38.9. The van der Waals surface area contributed by atoms with Gasteiger partial charge in [-0.15, -0.1) is 11.6 Å². The van der Waals surface area contributed by atoms with Gasteiger partial charge in [-0.2, -0.15) is 0 Å². The minimum Gasteiger partial charge on any atom is -0.474 e. The maximum Gasteiger partial charge on any atom is 0.227 e. The van der Waals surface area contributed by atoms with Crippen LogP contribution in [0.3, 0.4) is 0 Å². The van der Waals surface area contributed by atoms with Crippen LogP contribution >= 0.6 is 11.6 Å². The Labute approximate surface area is 381 Å². The first-order valence-electron chi connectivity index (χ1n) is 21.2. The van der Waals surface area contributed by atoms with E-state index in [0.29, 0.717) is 52.6 Å². The number of anilines is 2. The summed E-state index contributed by atoms with van der Waals surface area (Å²) in [4.78, 5) is 30.9. The lowest BCUT2D eigenvalue weighted by Gasteiger charge is -2.31. The van der Waals surface area contributed by atoms with Gasteiger partial charge in [-0.3, -0.25) is 19.1 Å². The zero-order valence-electron chi connectivity index (χ0n) is 38.1. The normalized spacial score (nSPS) is 14.3. The Kier molecular flexibility index (Phi) is 18.9. The summed E-state index contributed by atoms with van der Waals surface area (Å²) in [6.07, 6.45) is 19.3. The first-order chi connectivity index (χ1) is 30.7. The third-order valence-electron chi connectivity index (χ3n) is 9.37. The number of allylic oxidation sites excluding steroid dienone is 14. The number of benzene rings is 2. The highest BCUT2D eigenvalue weighted by atomic mass is 35.5. The van der Waals surface area contributed by atoms with Crippen molar-refractivity contribution in [1.29, 1.82) is 0 Å². The molecule has 0 atom stereocenters. The van der Waals surface area contributed by atoms with E-state index in [4.69, 9.17) is 22.1 Å². The molecule has 2 aromatic carbocycles. The van der Waals surface area contributed by atoms with Crippen LogP contribution in [0.15, 0.2) is 172 Å². The molecule has 0 unspecified atom stereocenters. The first kappa shape index (κ1) is 49.9. The fourth-order valence-corrected chi connectivity index (χ4v) is 6.67. The van der Waals surface area contributed by atoms with Crippen LogP contribution in [0.5, 0.6) is 5.88 Å². The molecule has 4 aromatic rings. The Morgan fingerprint density at radius 2 is 1.72 bits per heavy atom. The first-order valence-corrected chi connectivity index (χ1v) is 21.7. The van der Waals surface area contributed by atoms with Crippen molar-refractivity contribution in [2.75, 3.05) is 16.1 Å². The predicted molar refractivity (Wildman–Crippen MR) is 262 cm³/mol. The van der Waals surface area contributed by atoms with Gasteiger partial charge in [0.15, 0.2) is 5.43 Å². The van der Waals surface area contributed by atoms with Crippen LogP contribution in [0.2, 0.25) is 0 Å². The van der Waals surface area contributed by atoms with Crippen molar-refractivity contribution in [3.8, 4) is 11.6 Å². The number of carbonyl (C=O) groups excluding carboxylic acids is 1. The highest BCUT2D eigenvalue weighted by Gasteiger charge is 2.21. The van der Waals surface area contributed by atoms with Gasteiger partial charge < -0.3 is 21.1 Å². The van der Waals surface area contributed by atoms with E-state index in [1.165, 1.54) is 41.5 Å². The van der Waals surface area contributed by atoms with Gasteiger partial charge in [0.2, 0.25) is 5.88 Å². The van der Waals surface area contributed by atoms with Crippen LogP contribution in [0, 0.1) is 19.7 Å². The van der Waals surface area contributed by atoms with Crippen molar-refractivity contribution >= 4 is 40.3 Å². The number of nitrogens with one attached hydrogen (secondary N) is 2. The molecule has 2 aliphatic carbocycles. The number of pyridine rings is 2. The van der Waals surface area contributed by atoms with Crippen molar-refractivity contribution in [3.05, 3.63) is 194 Å². The summed E-state index contributed by atoms with van der Waals surface area (Å²) in [6.45, 7) is 17.5. The fraction of sp³-hybridized carbons (Fsp3) is 0.250. The molecule has 64 heavy (non-hydrogen) atoms. The molecule has 6 rings (SSSR count). The molecule has 4 N–H and O–H groups in total. The van der Waals surface area contributed by atoms with E-state index >= 15 is 0 Å². The van der Waals surface area contributed by atoms with Gasteiger partial charge in [0, 0.05) is 52.2 Å². The van der Waals surface area contributed by atoms with Gasteiger partial charge in [-0.25, -0.2) is 13.8 Å². The topological polar surface area (TPSA) is 115 Å². The van der Waals surface area contributed by atoms with E-state index in [1.54, 1.807) is 55.2 Å². The molecule has 12 heteroatoms. The summed E-state index contributed by atoms with van der Waals surface area (Å²) in [7, 11) is 0. The molecule has 2 aromatic heterocycles. The van der Waals surface area contributed by atoms with Crippen molar-refractivity contribution in [2.24, 2.45) is 5.73 Å². The number of hydrogen-bond acceptors (Lipinski definition) is 8. The fourth-order valence-electron chi connectivity index (χ4n) is 6.54. The highest BCUT2D eigenvalue weighted by molar-refractivity contribution is 6.19. The van der Waals surface area contributed by atoms with Crippen LogP contribution < -0.4 is 31.4 Å². The summed E-state index contributed by atoms with van der Waals surface area (Å²) in [6, 6.07) is 17.7. The molecular formula is C52H59ClF2N6O3. The third kappa shape index (κ3) is 13.9. The molecule has 2 heterocycles. The molecule has 0 amide bonds. The quantitative estimate of drug-likeness (QED) is 0.0526. The number of ether oxygens (including phenoxy) is 1. The Balaban J connectivity index is 0.000000271. The maximum absolute atomic E-state index is 14.1. The van der Waals surface area contributed by atoms with Crippen LogP contribution in [0.25, 0.3) is 16.6 Å². The number of halogens is 3. The van der Waals surface area contributed by atoms with Gasteiger partial charge in [0.25, 0.3) is 0 Å². The lowest BCUT2D eigenvalue weighted by Crippen LogP contribution is -2.32. The predicted octanol–water partition coefficient (Wildman–Crippen LogP) is 12.4. The van der Waals surface area contributed by atoms with E-state index in [9.17, 15) is 18.4 Å². The highest BCUT2D eigenvalue weighted by Crippen LogP contribution is 2.31. The van der Waals surface area contributed by atoms with Crippen LogP contribution in [0.1, 0.15) is 72.6 Å². The lowest BCUT2D eigenvalue weighted by molar-refractivity contribution is -0.104. The third-order valence-corrected chi connectivity index (χ3v) is 9.78. The van der Waals surface area contributed by atoms with Crippen LogP contribution in [0.4, 0.5) is 20.3 Å². The van der Waals surface area contributed by atoms with E-state index in [-0.39, 0.29) is 23.2 Å². The number of alkyl halides is 1. The summed E-state index contributed by atoms with van der Waals surface area (Å²) >= 11 is 6.09. The molecule has 0 saturated carbocycles. The van der Waals surface area contributed by atoms with Gasteiger partial charge >= 0.3 is 0 Å². The van der Waals surface area contributed by atoms with Crippen molar-refractivity contribution in [2.45, 2.75) is 81.3 Å². The number of nitrogens with two attached hydrogens (primary N) is 1. The molecule has 0 saturated heterocycles. The number of aromatic nitrogens is 2. The number of rotatable bonds is 13. The van der Waals surface area contributed by atoms with E-state index < -0.39 is 11.6 Å². The van der Waals surface area contributed by atoms with Crippen LogP contribution in [-0.4, -0.2) is 27.8 Å². The Morgan fingerprint density at radius 3 is 2.38 bits per heavy atom. The van der Waals surface area contributed by atoms with Crippen molar-refractivity contribution in [3.63, 3.8) is 0 Å². The smallest absolute Gasteiger partial charge is 0.227 e. The standard InChI is InChI=1S/C27H29N3O2.C23H24ClF2N3O.C2H6/c1-17(2)32-27-26-23(15-20(5)28-27)30(22-13-10-19(4)11-14-22)25(16-24(26)31)29-21-8-6-7-18(3)9-12-21;1-16(15-24)22(12-17(2)27)29(21-9-5-7-19(26)14-21)23(10-11-30)28-20-8-4-3-6-18(25)13-20;1-2/h6,8-17,29H,7H2,1-5H3;4-14,28H,3,15,27H2,1-2H3;1-2H3/b;17-12-,22-16+,23-10-;. The molecule has 336 valence electrons. The summed E-state index contributed by atoms with van der Waals surface area (Å²) in [5.41, 5.74) is 14.3. The lowest BCUT2D eigenvalue weighted by atomic mass is 10.1. The molecule has 9 nitrogen and oxygen atoms in total. The number of aryl methyl sites for hydroxylation is 2. The number of aldehydes is 1. The largest absolute Gasteiger partial charge is 0.474 e. The Bertz CT molecular complexity index is 2640. The molecule has 0 aliphatic heterocycles. The van der Waals surface area contributed by atoms with Crippen LogP contribution in [-0.2, 0) is 4.79 Å². The number of fused-ring (bicyclic) bond motifs is 1. The molecule has 0 radical (unpaired) electrons. The molecule has 2 aliphatic rings. The average Bonchev–Trinajstić information content (AvgIpc) is 3.59. The molecule has 0 spiro atoms. The second-order valence-corrected chi connectivity index (χ2v) is 15.5. The molecular weight excluding hydrogens is 830 g/mol. The molecule has 0 bridgehead atoms. The maximum atomic E-state index is 14.1. The summed E-state index contributed by atoms with van der Waals surface area (Å²) in [5, 5.41) is 7.01. The number of nitrogens with zero attached hydrogens (tertiary/aromatic N) is 3. The van der Waals surface area contributed by atoms with Gasteiger partial charge in [-0.1, -0.05) is 61.4 Å². The molecule has 0 fully saturated rings. The van der Waals surface area contributed by atoms with E-state index in [0.717, 1.165) is 34.6 Å². The second-order valence-electron chi connectivity index (χ2n) is 15.2. The van der Waals surface area contributed by atoms with Gasteiger partial charge in [-0.05, 0) is 140 Å². The van der Waals surface area contributed by atoms with Crippen molar-refractivity contribution in [1.82, 2.24) is 14.9 Å². The van der Waals surface area contributed by atoms with Crippen molar-refractivity contribution < 1.29 is 18.3 Å². The second kappa shape index (κ2) is 24.2. The number of hydrogen-bond donors (Lipinski definition) is 3. The minimum atomic E-state index is -0.457. The monoisotopic (exact) mass is 888 g/mol. The minimum absolute atomic E-state index is 0.0890. The zero-order chi connectivity index (χ0) is 46.9. The Morgan fingerprint density at radius 1 is 1.00 bits per heavy atom. The summed E-state index contributed by atoms with van der Waals surface area (Å²) in [5.74, 6) is 0.658. The summed E-state index contributed by atoms with van der Waals surface area (Å²) < 4.78 is 36.0. The van der Waals surface area contributed by atoms with Gasteiger partial charge in [0.05, 0.1) is 17.3 Å². The average molecular weight is 890 g/mol. The number of carbonyl (C=O) groups is 1. The van der Waals surface area contributed by atoms with Gasteiger partial charge in [0.1, 0.15) is 35.0 Å². The van der Waals surface area contributed by atoms with E-state index in [2.05, 4.69) is 70.4 Å². The van der Waals surface area contributed by atoms with E-state index in [1.807, 2.05) is 52.8 Å². The SMILES string of the molecule is C/C(N)=C/C(=C(/C)CCl)N(/C(=C\C=O)NC1=CC(F)=CCC=C1)c1cccc(F)c1.CC.CC1=CC=C(Nc2cc(=O)c3c(OC(C)C)nc(C)cc3n2-c2ccc(C)cc2)C=CC1. The Hall–Kier alpha value is -6.72.